The fourth-order valence-electron chi connectivity index (χ4n) is 3.16. The molecule has 3 aromatic rings. The molecule has 0 bridgehead atoms. The highest BCUT2D eigenvalue weighted by atomic mass is 32.2. The Hall–Kier alpha value is -2.24. The van der Waals surface area contributed by atoms with Crippen LogP contribution in [0.3, 0.4) is 0 Å². The van der Waals surface area contributed by atoms with E-state index in [1.807, 2.05) is 13.0 Å². The minimum Gasteiger partial charge on any atom is -0.396 e. The van der Waals surface area contributed by atoms with Crippen molar-refractivity contribution in [1.82, 2.24) is 0 Å². The van der Waals surface area contributed by atoms with E-state index in [1.165, 1.54) is 18.4 Å². The van der Waals surface area contributed by atoms with Gasteiger partial charge in [0, 0.05) is 12.9 Å². The van der Waals surface area contributed by atoms with Gasteiger partial charge in [-0.05, 0) is 70.6 Å². The lowest BCUT2D eigenvalue weighted by atomic mass is 9.90. The molecule has 0 aliphatic rings. The summed E-state index contributed by atoms with van der Waals surface area (Å²) in [5.74, 6) is -0.323. The zero-order valence-corrected chi connectivity index (χ0v) is 14.9. The molecular weight excluding hydrogens is 339 g/mol. The Labute approximate surface area is 146 Å². The fourth-order valence-corrected chi connectivity index (χ4v) is 3.79. The summed E-state index contributed by atoms with van der Waals surface area (Å²) in [7, 11) is -3.25. The van der Waals surface area contributed by atoms with Gasteiger partial charge in [-0.2, -0.15) is 0 Å². The molecule has 0 spiro atoms. The lowest BCUT2D eigenvalue weighted by Gasteiger charge is -2.15. The van der Waals surface area contributed by atoms with E-state index in [9.17, 15) is 17.9 Å². The van der Waals surface area contributed by atoms with Crippen LogP contribution in [0.4, 0.5) is 4.39 Å². The molecule has 3 nitrogen and oxygen atoms in total. The average molecular weight is 358 g/mol. The van der Waals surface area contributed by atoms with Crippen LogP contribution in [0.2, 0.25) is 0 Å². The number of sulfone groups is 1. The molecule has 5 heteroatoms. The number of benzene rings is 3. The van der Waals surface area contributed by atoms with Gasteiger partial charge in [0.2, 0.25) is 0 Å². The largest absolute Gasteiger partial charge is 0.396 e. The third-order valence-corrected chi connectivity index (χ3v) is 5.52. The second kappa shape index (κ2) is 6.58. The highest BCUT2D eigenvalue weighted by Gasteiger charge is 2.13. The van der Waals surface area contributed by atoms with Crippen LogP contribution in [-0.2, 0) is 16.3 Å². The summed E-state index contributed by atoms with van der Waals surface area (Å²) in [6, 6.07) is 13.3. The van der Waals surface area contributed by atoms with Crippen LogP contribution in [0.5, 0.6) is 0 Å². The second-order valence-electron chi connectivity index (χ2n) is 6.18. The molecule has 0 saturated heterocycles. The standard InChI is InChI=1S/C20H19FO3S/c1-13-11-19(14-3-6-16(7-4-14)25(2,23)24)18-8-5-15(21)12-20(18)17(13)9-10-22/h3-8,11-12,22H,9-10H2,1-2H3. The zero-order valence-electron chi connectivity index (χ0n) is 14.1. The van der Waals surface area contributed by atoms with Crippen LogP contribution < -0.4 is 0 Å². The maximum atomic E-state index is 13.8. The molecular formula is C20H19FO3S. The Morgan fingerprint density at radius 1 is 1.00 bits per heavy atom. The van der Waals surface area contributed by atoms with Crippen molar-refractivity contribution in [2.75, 3.05) is 12.9 Å². The molecule has 0 aromatic heterocycles. The molecule has 0 atom stereocenters. The van der Waals surface area contributed by atoms with Crippen molar-refractivity contribution in [2.24, 2.45) is 0 Å². The normalized spacial score (nSPS) is 11.8. The zero-order chi connectivity index (χ0) is 18.2. The van der Waals surface area contributed by atoms with Gasteiger partial charge in [0.05, 0.1) is 4.90 Å². The Kier molecular flexibility index (Phi) is 4.62. The maximum absolute atomic E-state index is 13.8. The first-order valence-electron chi connectivity index (χ1n) is 7.94. The summed E-state index contributed by atoms with van der Waals surface area (Å²) < 4.78 is 37.0. The van der Waals surface area contributed by atoms with Gasteiger partial charge in [-0.1, -0.05) is 24.3 Å². The molecule has 0 fully saturated rings. The molecule has 0 unspecified atom stereocenters. The molecule has 0 amide bonds. The molecule has 0 heterocycles. The Morgan fingerprint density at radius 2 is 1.68 bits per heavy atom. The SMILES string of the molecule is Cc1cc(-c2ccc(S(C)(=O)=O)cc2)c2ccc(F)cc2c1CCO. The Bertz CT molecular complexity index is 1040. The van der Waals surface area contributed by atoms with Crippen molar-refractivity contribution in [3.05, 3.63) is 65.5 Å². The summed E-state index contributed by atoms with van der Waals surface area (Å²) in [5, 5.41) is 11.0. The molecule has 130 valence electrons. The first-order valence-corrected chi connectivity index (χ1v) is 9.83. The molecule has 0 saturated carbocycles. The highest BCUT2D eigenvalue weighted by molar-refractivity contribution is 7.90. The predicted octanol–water partition coefficient (Wildman–Crippen LogP) is 3.89. The van der Waals surface area contributed by atoms with Crippen molar-refractivity contribution in [3.8, 4) is 11.1 Å². The summed E-state index contributed by atoms with van der Waals surface area (Å²) in [6.07, 6.45) is 1.63. The van der Waals surface area contributed by atoms with E-state index in [0.29, 0.717) is 6.42 Å². The van der Waals surface area contributed by atoms with Gasteiger partial charge >= 0.3 is 0 Å². The molecule has 1 N–H and O–H groups in total. The number of fused-ring (bicyclic) bond motifs is 1. The van der Waals surface area contributed by atoms with E-state index in [4.69, 9.17) is 0 Å². The third-order valence-electron chi connectivity index (χ3n) is 4.39. The smallest absolute Gasteiger partial charge is 0.175 e. The quantitative estimate of drug-likeness (QED) is 0.770. The lowest BCUT2D eigenvalue weighted by molar-refractivity contribution is 0.300. The van der Waals surface area contributed by atoms with Crippen molar-refractivity contribution in [3.63, 3.8) is 0 Å². The summed E-state index contributed by atoms with van der Waals surface area (Å²) in [5.41, 5.74) is 3.67. The third kappa shape index (κ3) is 3.43. The predicted molar refractivity (Wildman–Crippen MR) is 98.0 cm³/mol. The number of aryl methyl sites for hydroxylation is 1. The number of aliphatic hydroxyl groups excluding tert-OH is 1. The molecule has 25 heavy (non-hydrogen) atoms. The number of hydrogen-bond donors (Lipinski definition) is 1. The van der Waals surface area contributed by atoms with Crippen molar-refractivity contribution in [1.29, 1.82) is 0 Å². The minimum absolute atomic E-state index is 0.00510. The number of hydrogen-bond acceptors (Lipinski definition) is 3. The van der Waals surface area contributed by atoms with Crippen molar-refractivity contribution < 1.29 is 17.9 Å². The van der Waals surface area contributed by atoms with Gasteiger partial charge in [0.1, 0.15) is 5.82 Å². The van der Waals surface area contributed by atoms with E-state index in [0.717, 1.165) is 33.0 Å². The first-order chi connectivity index (χ1) is 11.8. The average Bonchev–Trinajstić information content (AvgIpc) is 2.56. The van der Waals surface area contributed by atoms with E-state index < -0.39 is 9.84 Å². The highest BCUT2D eigenvalue weighted by Crippen LogP contribution is 2.34. The minimum atomic E-state index is -3.25. The van der Waals surface area contributed by atoms with Crippen molar-refractivity contribution >= 4 is 20.6 Å². The van der Waals surface area contributed by atoms with Gasteiger partial charge < -0.3 is 5.11 Å². The summed E-state index contributed by atoms with van der Waals surface area (Å²) in [6.45, 7) is 1.93. The van der Waals surface area contributed by atoms with Gasteiger partial charge in [0.25, 0.3) is 0 Å². The first kappa shape index (κ1) is 17.6. The topological polar surface area (TPSA) is 54.4 Å². The maximum Gasteiger partial charge on any atom is 0.175 e. The second-order valence-corrected chi connectivity index (χ2v) is 8.20. The Balaban J connectivity index is 2.25. The van der Waals surface area contributed by atoms with Crippen LogP contribution in [0.1, 0.15) is 11.1 Å². The van der Waals surface area contributed by atoms with E-state index in [2.05, 4.69) is 0 Å². The molecule has 0 aliphatic carbocycles. The van der Waals surface area contributed by atoms with E-state index >= 15 is 0 Å². The Morgan fingerprint density at radius 3 is 2.28 bits per heavy atom. The van der Waals surface area contributed by atoms with Gasteiger partial charge in [-0.25, -0.2) is 12.8 Å². The fraction of sp³-hybridized carbons (Fsp3) is 0.200. The summed E-state index contributed by atoms with van der Waals surface area (Å²) >= 11 is 0. The molecule has 0 aliphatic heterocycles. The van der Waals surface area contributed by atoms with Crippen LogP contribution in [0, 0.1) is 12.7 Å². The van der Waals surface area contributed by atoms with Gasteiger partial charge in [-0.15, -0.1) is 0 Å². The molecule has 0 radical (unpaired) electrons. The van der Waals surface area contributed by atoms with Gasteiger partial charge in [0.15, 0.2) is 9.84 Å². The van der Waals surface area contributed by atoms with E-state index in [1.54, 1.807) is 30.3 Å². The monoisotopic (exact) mass is 358 g/mol. The lowest BCUT2D eigenvalue weighted by Crippen LogP contribution is -1.99. The van der Waals surface area contributed by atoms with E-state index in [-0.39, 0.29) is 17.3 Å². The van der Waals surface area contributed by atoms with Crippen LogP contribution in [0.25, 0.3) is 21.9 Å². The van der Waals surface area contributed by atoms with Crippen molar-refractivity contribution in [2.45, 2.75) is 18.2 Å². The number of rotatable bonds is 4. The summed E-state index contributed by atoms with van der Waals surface area (Å²) in [4.78, 5) is 0.264. The molecule has 3 rings (SSSR count). The van der Waals surface area contributed by atoms with Crippen LogP contribution in [-0.4, -0.2) is 26.4 Å². The number of aliphatic hydroxyl groups is 1. The van der Waals surface area contributed by atoms with Crippen LogP contribution in [0.15, 0.2) is 53.4 Å². The van der Waals surface area contributed by atoms with Gasteiger partial charge in [-0.3, -0.25) is 0 Å². The number of halogens is 1. The molecule has 3 aromatic carbocycles. The van der Waals surface area contributed by atoms with Crippen LogP contribution >= 0.6 is 0 Å².